The zero-order valence-electron chi connectivity index (χ0n) is 12.1. The lowest BCUT2D eigenvalue weighted by molar-refractivity contribution is -0.105. The van der Waals surface area contributed by atoms with Gasteiger partial charge in [0.2, 0.25) is 0 Å². The summed E-state index contributed by atoms with van der Waals surface area (Å²) in [7, 11) is 0. The first kappa shape index (κ1) is 14.6. The maximum absolute atomic E-state index is 11.5. The van der Waals surface area contributed by atoms with Crippen molar-refractivity contribution in [2.45, 2.75) is 24.1 Å². The SMILES string of the molecule is O=CC1=C(c2ccccc2)C=CC(Cl)(CN2CCCC2)C1. The van der Waals surface area contributed by atoms with Crippen molar-refractivity contribution in [3.05, 3.63) is 53.6 Å². The molecule has 1 aliphatic carbocycles. The Hall–Kier alpha value is -1.38. The van der Waals surface area contributed by atoms with E-state index in [0.29, 0.717) is 6.42 Å². The molecule has 1 aromatic carbocycles. The summed E-state index contributed by atoms with van der Waals surface area (Å²) in [6.07, 6.45) is 8.17. The fourth-order valence-corrected chi connectivity index (χ4v) is 3.61. The van der Waals surface area contributed by atoms with Crippen LogP contribution in [-0.4, -0.2) is 35.7 Å². The number of hydrogen-bond donors (Lipinski definition) is 0. The van der Waals surface area contributed by atoms with E-state index >= 15 is 0 Å². The van der Waals surface area contributed by atoms with Crippen molar-refractivity contribution in [1.29, 1.82) is 0 Å². The van der Waals surface area contributed by atoms with Crippen molar-refractivity contribution in [3.63, 3.8) is 0 Å². The smallest absolute Gasteiger partial charge is 0.146 e. The third-order valence-corrected chi connectivity index (χ3v) is 4.67. The molecule has 1 heterocycles. The number of likely N-dealkylation sites (tertiary alicyclic amines) is 1. The van der Waals surface area contributed by atoms with Crippen LogP contribution in [0, 0.1) is 0 Å². The van der Waals surface area contributed by atoms with Crippen molar-refractivity contribution in [1.82, 2.24) is 4.90 Å². The normalized spacial score (nSPS) is 26.3. The third-order valence-electron chi connectivity index (χ3n) is 4.29. The molecule has 0 spiro atoms. The Morgan fingerprint density at radius 1 is 1.19 bits per heavy atom. The summed E-state index contributed by atoms with van der Waals surface area (Å²) >= 11 is 6.76. The number of allylic oxidation sites excluding steroid dienone is 3. The van der Waals surface area contributed by atoms with Crippen LogP contribution in [0.15, 0.2) is 48.1 Å². The number of hydrogen-bond acceptors (Lipinski definition) is 2. The lowest BCUT2D eigenvalue weighted by Gasteiger charge is -2.32. The van der Waals surface area contributed by atoms with Gasteiger partial charge in [-0.05, 0) is 37.1 Å². The van der Waals surface area contributed by atoms with Crippen LogP contribution in [0.2, 0.25) is 0 Å². The molecule has 0 N–H and O–H groups in total. The number of aldehydes is 1. The van der Waals surface area contributed by atoms with Crippen LogP contribution in [-0.2, 0) is 4.79 Å². The minimum atomic E-state index is -0.446. The number of rotatable bonds is 4. The van der Waals surface area contributed by atoms with Crippen LogP contribution in [0.3, 0.4) is 0 Å². The average molecular weight is 302 g/mol. The highest BCUT2D eigenvalue weighted by atomic mass is 35.5. The Balaban J connectivity index is 1.82. The molecule has 1 aromatic rings. The predicted octanol–water partition coefficient (Wildman–Crippen LogP) is 3.67. The standard InChI is InChI=1S/C18H20ClNO/c19-18(14-20-10-4-5-11-20)9-8-17(16(12-18)13-21)15-6-2-1-3-7-15/h1-3,6-9,13H,4-5,10-12,14H2. The molecule has 0 amide bonds. The Morgan fingerprint density at radius 2 is 1.90 bits per heavy atom. The number of carbonyl (C=O) groups excluding carboxylic acids is 1. The van der Waals surface area contributed by atoms with Crippen LogP contribution in [0.25, 0.3) is 5.57 Å². The lowest BCUT2D eigenvalue weighted by Crippen LogP contribution is -2.37. The number of alkyl halides is 1. The van der Waals surface area contributed by atoms with E-state index in [1.807, 2.05) is 36.4 Å². The minimum Gasteiger partial charge on any atom is -0.301 e. The summed E-state index contributed by atoms with van der Waals surface area (Å²) in [4.78, 5) is 13.5. The van der Waals surface area contributed by atoms with Gasteiger partial charge in [-0.2, -0.15) is 0 Å². The second-order valence-corrected chi connectivity index (χ2v) is 6.70. The monoisotopic (exact) mass is 301 g/mol. The van der Waals surface area contributed by atoms with Gasteiger partial charge in [0.1, 0.15) is 6.29 Å². The molecule has 21 heavy (non-hydrogen) atoms. The van der Waals surface area contributed by atoms with Gasteiger partial charge in [0.15, 0.2) is 0 Å². The van der Waals surface area contributed by atoms with Crippen molar-refractivity contribution < 1.29 is 4.79 Å². The van der Waals surface area contributed by atoms with Gasteiger partial charge >= 0.3 is 0 Å². The van der Waals surface area contributed by atoms with E-state index in [0.717, 1.165) is 42.6 Å². The van der Waals surface area contributed by atoms with Crippen molar-refractivity contribution in [2.24, 2.45) is 0 Å². The van der Waals surface area contributed by atoms with E-state index in [4.69, 9.17) is 11.6 Å². The summed E-state index contributed by atoms with van der Waals surface area (Å²) in [5, 5.41) is 0. The Bertz CT molecular complexity index is 572. The summed E-state index contributed by atoms with van der Waals surface area (Å²) in [6, 6.07) is 10.0. The van der Waals surface area contributed by atoms with Crippen molar-refractivity contribution in [3.8, 4) is 0 Å². The van der Waals surface area contributed by atoms with Gasteiger partial charge in [-0.1, -0.05) is 42.5 Å². The molecule has 0 aromatic heterocycles. The molecule has 1 atom stereocenters. The fraction of sp³-hybridized carbons (Fsp3) is 0.389. The zero-order chi connectivity index (χ0) is 14.7. The third kappa shape index (κ3) is 3.28. The number of benzene rings is 1. The molecular weight excluding hydrogens is 282 g/mol. The molecule has 1 saturated heterocycles. The quantitative estimate of drug-likeness (QED) is 0.625. The van der Waals surface area contributed by atoms with Gasteiger partial charge in [0, 0.05) is 18.5 Å². The largest absolute Gasteiger partial charge is 0.301 e. The maximum atomic E-state index is 11.5. The molecule has 1 aliphatic heterocycles. The average Bonchev–Trinajstić information content (AvgIpc) is 3.00. The molecule has 2 aliphatic rings. The number of nitrogens with zero attached hydrogens (tertiary/aromatic N) is 1. The Morgan fingerprint density at radius 3 is 2.57 bits per heavy atom. The number of halogens is 1. The highest BCUT2D eigenvalue weighted by Gasteiger charge is 2.32. The second kappa shape index (κ2) is 6.17. The van der Waals surface area contributed by atoms with Gasteiger partial charge in [0.25, 0.3) is 0 Å². The molecule has 0 radical (unpaired) electrons. The molecule has 0 saturated carbocycles. The summed E-state index contributed by atoms with van der Waals surface area (Å²) in [5.74, 6) is 0. The van der Waals surface area contributed by atoms with E-state index in [-0.39, 0.29) is 0 Å². The van der Waals surface area contributed by atoms with Crippen LogP contribution in [0.1, 0.15) is 24.8 Å². The summed E-state index contributed by atoms with van der Waals surface area (Å²) in [5.41, 5.74) is 2.89. The van der Waals surface area contributed by atoms with E-state index in [1.165, 1.54) is 12.8 Å². The van der Waals surface area contributed by atoms with Crippen molar-refractivity contribution in [2.75, 3.05) is 19.6 Å². The van der Waals surface area contributed by atoms with E-state index < -0.39 is 4.87 Å². The van der Waals surface area contributed by atoms with Gasteiger partial charge in [-0.25, -0.2) is 0 Å². The zero-order valence-corrected chi connectivity index (χ0v) is 12.9. The maximum Gasteiger partial charge on any atom is 0.146 e. The molecular formula is C18H20ClNO. The summed E-state index contributed by atoms with van der Waals surface area (Å²) in [6.45, 7) is 3.06. The molecule has 1 fully saturated rings. The Labute approximate surface area is 131 Å². The highest BCUT2D eigenvalue weighted by Crippen LogP contribution is 2.36. The van der Waals surface area contributed by atoms with Gasteiger partial charge in [0.05, 0.1) is 4.87 Å². The molecule has 2 nitrogen and oxygen atoms in total. The van der Waals surface area contributed by atoms with Gasteiger partial charge < -0.3 is 4.90 Å². The van der Waals surface area contributed by atoms with E-state index in [9.17, 15) is 4.79 Å². The first-order valence-corrected chi connectivity index (χ1v) is 7.92. The molecule has 0 bridgehead atoms. The van der Waals surface area contributed by atoms with Crippen LogP contribution in [0.4, 0.5) is 0 Å². The fourth-order valence-electron chi connectivity index (χ4n) is 3.24. The van der Waals surface area contributed by atoms with Crippen LogP contribution >= 0.6 is 11.6 Å². The van der Waals surface area contributed by atoms with Crippen LogP contribution < -0.4 is 0 Å². The lowest BCUT2D eigenvalue weighted by atomic mass is 9.86. The topological polar surface area (TPSA) is 20.3 Å². The summed E-state index contributed by atoms with van der Waals surface area (Å²) < 4.78 is 0. The number of carbonyl (C=O) groups is 1. The van der Waals surface area contributed by atoms with Gasteiger partial charge in [-0.3, -0.25) is 4.79 Å². The molecule has 110 valence electrons. The Kier molecular flexibility index (Phi) is 4.27. The highest BCUT2D eigenvalue weighted by molar-refractivity contribution is 6.26. The molecule has 3 rings (SSSR count). The first-order valence-electron chi connectivity index (χ1n) is 7.54. The predicted molar refractivity (Wildman–Crippen MR) is 87.4 cm³/mol. The minimum absolute atomic E-state index is 0.446. The molecule has 3 heteroatoms. The second-order valence-electron chi connectivity index (χ2n) is 5.95. The first-order chi connectivity index (χ1) is 10.2. The van der Waals surface area contributed by atoms with Gasteiger partial charge in [-0.15, -0.1) is 11.6 Å². The molecule has 1 unspecified atom stereocenters. The van der Waals surface area contributed by atoms with Crippen LogP contribution in [0.5, 0.6) is 0 Å². The van der Waals surface area contributed by atoms with E-state index in [1.54, 1.807) is 0 Å². The van der Waals surface area contributed by atoms with Crippen molar-refractivity contribution >= 4 is 23.5 Å². The van der Waals surface area contributed by atoms with E-state index in [2.05, 4.69) is 11.0 Å².